The Labute approximate surface area is 220 Å². The molecule has 2 bridgehead atoms. The molecule has 4 aliphatic rings. The van der Waals surface area contributed by atoms with Crippen LogP contribution in [0, 0.1) is 31.6 Å². The van der Waals surface area contributed by atoms with Gasteiger partial charge in [-0.05, 0) is 69.8 Å². The maximum Gasteiger partial charge on any atom is 0.257 e. The number of fused-ring (bicyclic) bond motifs is 2. The van der Waals surface area contributed by atoms with Crippen LogP contribution in [-0.2, 0) is 11.3 Å². The molecule has 3 heterocycles. The van der Waals surface area contributed by atoms with Crippen molar-refractivity contribution in [1.82, 2.24) is 24.7 Å². The zero-order chi connectivity index (χ0) is 25.5. The van der Waals surface area contributed by atoms with Gasteiger partial charge in [0.05, 0.1) is 17.0 Å². The van der Waals surface area contributed by atoms with Gasteiger partial charge in [-0.2, -0.15) is 0 Å². The smallest absolute Gasteiger partial charge is 0.257 e. The fraction of sp³-hybridized carbons (Fsp3) is 0.600. The molecule has 0 spiro atoms. The van der Waals surface area contributed by atoms with Crippen LogP contribution in [0.1, 0.15) is 65.8 Å². The number of aromatic nitrogens is 2. The van der Waals surface area contributed by atoms with Crippen LogP contribution in [0.3, 0.4) is 0 Å². The molecule has 4 fully saturated rings. The molecule has 37 heavy (non-hydrogen) atoms. The van der Waals surface area contributed by atoms with Gasteiger partial charge in [-0.1, -0.05) is 30.3 Å². The number of likely N-dealkylation sites (tertiary alicyclic amines) is 2. The molecule has 7 nitrogen and oxygen atoms in total. The maximum atomic E-state index is 13.4. The Morgan fingerprint density at radius 1 is 0.892 bits per heavy atom. The molecule has 2 saturated heterocycles. The molecule has 0 N–H and O–H groups in total. The van der Waals surface area contributed by atoms with Gasteiger partial charge in [-0.15, -0.1) is 0 Å². The first-order valence-corrected chi connectivity index (χ1v) is 14.2. The van der Waals surface area contributed by atoms with Crippen molar-refractivity contribution in [2.75, 3.05) is 26.2 Å². The predicted molar refractivity (Wildman–Crippen MR) is 142 cm³/mol. The summed E-state index contributed by atoms with van der Waals surface area (Å²) in [6, 6.07) is 11.4. The summed E-state index contributed by atoms with van der Waals surface area (Å²) >= 11 is 0. The lowest BCUT2D eigenvalue weighted by Crippen LogP contribution is -2.58. The van der Waals surface area contributed by atoms with Gasteiger partial charge < -0.3 is 9.80 Å². The molecule has 6 rings (SSSR count). The zero-order valence-electron chi connectivity index (χ0n) is 22.2. The van der Waals surface area contributed by atoms with Crippen LogP contribution >= 0.6 is 0 Å². The normalized spacial score (nSPS) is 26.3. The van der Waals surface area contributed by atoms with Crippen LogP contribution in [0.4, 0.5) is 0 Å². The van der Waals surface area contributed by atoms with E-state index in [0.717, 1.165) is 69.8 Å². The van der Waals surface area contributed by atoms with Gasteiger partial charge in [0.2, 0.25) is 5.91 Å². The van der Waals surface area contributed by atoms with Crippen molar-refractivity contribution in [3.05, 3.63) is 59.2 Å². The minimum atomic E-state index is 0.0722. The summed E-state index contributed by atoms with van der Waals surface area (Å²) in [5, 5.41) is 0. The first kappa shape index (κ1) is 24.5. The van der Waals surface area contributed by atoms with Crippen molar-refractivity contribution >= 4 is 11.8 Å². The van der Waals surface area contributed by atoms with Gasteiger partial charge in [0.15, 0.2) is 0 Å². The number of carbonyl (C=O) groups excluding carboxylic acids is 2. The first-order chi connectivity index (χ1) is 18.0. The van der Waals surface area contributed by atoms with Gasteiger partial charge in [0, 0.05) is 50.7 Å². The minimum Gasteiger partial charge on any atom is -0.338 e. The third-order valence-electron chi connectivity index (χ3n) is 9.29. The zero-order valence-corrected chi connectivity index (χ0v) is 22.2. The number of hydrogen-bond donors (Lipinski definition) is 0. The number of hydrogen-bond acceptors (Lipinski definition) is 5. The molecule has 2 saturated carbocycles. The fourth-order valence-electron chi connectivity index (χ4n) is 7.21. The van der Waals surface area contributed by atoms with E-state index >= 15 is 0 Å². The average molecular weight is 502 g/mol. The van der Waals surface area contributed by atoms with Crippen LogP contribution in [-0.4, -0.2) is 74.7 Å². The Morgan fingerprint density at radius 3 is 2.11 bits per heavy atom. The average Bonchev–Trinajstić information content (AvgIpc) is 3.73. The summed E-state index contributed by atoms with van der Waals surface area (Å²) in [5.41, 5.74) is 3.43. The largest absolute Gasteiger partial charge is 0.338 e. The molecule has 2 aromatic rings. The van der Waals surface area contributed by atoms with Gasteiger partial charge in [0.25, 0.3) is 5.91 Å². The van der Waals surface area contributed by atoms with E-state index in [9.17, 15) is 9.59 Å². The number of carbonyl (C=O) groups is 2. The lowest BCUT2D eigenvalue weighted by molar-refractivity contribution is -0.139. The Balaban J connectivity index is 1.10. The van der Waals surface area contributed by atoms with Crippen LogP contribution in [0.15, 0.2) is 36.7 Å². The number of piperidine rings is 2. The van der Waals surface area contributed by atoms with Crippen molar-refractivity contribution in [3.8, 4) is 0 Å². The fourth-order valence-corrected chi connectivity index (χ4v) is 7.21. The van der Waals surface area contributed by atoms with Gasteiger partial charge in [-0.25, -0.2) is 9.97 Å². The lowest BCUT2D eigenvalue weighted by atomic mass is 9.87. The number of benzene rings is 1. The van der Waals surface area contributed by atoms with Crippen LogP contribution < -0.4 is 0 Å². The van der Waals surface area contributed by atoms with E-state index in [4.69, 9.17) is 0 Å². The molecule has 1 aromatic carbocycles. The number of amides is 2. The second kappa shape index (κ2) is 10.2. The van der Waals surface area contributed by atoms with Crippen LogP contribution in [0.25, 0.3) is 0 Å². The highest BCUT2D eigenvalue weighted by Crippen LogP contribution is 2.44. The third kappa shape index (κ3) is 4.90. The summed E-state index contributed by atoms with van der Waals surface area (Å²) in [5.74, 6) is 1.82. The van der Waals surface area contributed by atoms with E-state index < -0.39 is 0 Å². The summed E-state index contributed by atoms with van der Waals surface area (Å²) in [6.45, 7) is 8.25. The lowest BCUT2D eigenvalue weighted by Gasteiger charge is -2.48. The number of nitrogens with zero attached hydrogens (tertiary/aromatic N) is 5. The van der Waals surface area contributed by atoms with Gasteiger partial charge in [-0.3, -0.25) is 14.5 Å². The standard InChI is InChI=1S/C30H39N5O2/c1-20-27(21(2)32-19-31-20)30(37)33-14-12-26(13-15-33)34-17-24-10-11-25(18-34)28(24)35(29(36)23-8-9-23)16-22-6-4-3-5-7-22/h3-7,19,23-26,28H,8-18H2,1-2H3/t24-,25+,28+. The molecular formula is C30H39N5O2. The van der Waals surface area contributed by atoms with Crippen LogP contribution in [0.2, 0.25) is 0 Å². The molecule has 0 unspecified atom stereocenters. The molecule has 2 amide bonds. The van der Waals surface area contributed by atoms with E-state index in [0.29, 0.717) is 35.4 Å². The predicted octanol–water partition coefficient (Wildman–Crippen LogP) is 3.85. The second-order valence-electron chi connectivity index (χ2n) is 11.7. The monoisotopic (exact) mass is 501 g/mol. The van der Waals surface area contributed by atoms with E-state index in [2.05, 4.69) is 44.0 Å². The molecule has 2 aliphatic carbocycles. The van der Waals surface area contributed by atoms with Crippen molar-refractivity contribution in [2.24, 2.45) is 17.8 Å². The van der Waals surface area contributed by atoms with Gasteiger partial charge >= 0.3 is 0 Å². The Bertz CT molecular complexity index is 1110. The van der Waals surface area contributed by atoms with Crippen molar-refractivity contribution in [1.29, 1.82) is 0 Å². The Hall–Kier alpha value is -2.80. The quantitative estimate of drug-likeness (QED) is 0.602. The van der Waals surface area contributed by atoms with Crippen molar-refractivity contribution in [2.45, 2.75) is 71.0 Å². The molecule has 0 radical (unpaired) electrons. The molecule has 1 aromatic heterocycles. The highest BCUT2D eigenvalue weighted by Gasteiger charge is 2.49. The maximum absolute atomic E-state index is 13.4. The first-order valence-electron chi connectivity index (χ1n) is 14.2. The molecule has 2 aliphatic heterocycles. The van der Waals surface area contributed by atoms with E-state index in [1.54, 1.807) is 0 Å². The van der Waals surface area contributed by atoms with E-state index in [1.165, 1.54) is 24.7 Å². The summed E-state index contributed by atoms with van der Waals surface area (Å²) in [7, 11) is 0. The van der Waals surface area contributed by atoms with E-state index in [1.807, 2.05) is 24.8 Å². The molecule has 3 atom stereocenters. The minimum absolute atomic E-state index is 0.0722. The van der Waals surface area contributed by atoms with Crippen LogP contribution in [0.5, 0.6) is 0 Å². The van der Waals surface area contributed by atoms with Crippen molar-refractivity contribution in [3.63, 3.8) is 0 Å². The topological polar surface area (TPSA) is 69.6 Å². The van der Waals surface area contributed by atoms with Crippen molar-refractivity contribution < 1.29 is 9.59 Å². The molecular weight excluding hydrogens is 462 g/mol. The number of aryl methyl sites for hydroxylation is 2. The molecule has 7 heteroatoms. The molecule has 196 valence electrons. The summed E-state index contributed by atoms with van der Waals surface area (Å²) < 4.78 is 0. The highest BCUT2D eigenvalue weighted by molar-refractivity contribution is 5.96. The SMILES string of the molecule is Cc1ncnc(C)c1C(=O)N1CCC(N2C[C@H]3CC[C@@H](C2)[C@H]3N(Cc2ccccc2)C(=O)C2CC2)CC1. The number of rotatable bonds is 6. The van der Waals surface area contributed by atoms with Gasteiger partial charge in [0.1, 0.15) is 6.33 Å². The summed E-state index contributed by atoms with van der Waals surface area (Å²) in [4.78, 5) is 42.1. The Kier molecular flexibility index (Phi) is 6.74. The summed E-state index contributed by atoms with van der Waals surface area (Å²) in [6.07, 6.45) is 8.11. The Morgan fingerprint density at radius 2 is 1.51 bits per heavy atom. The highest BCUT2D eigenvalue weighted by atomic mass is 16.2. The van der Waals surface area contributed by atoms with E-state index in [-0.39, 0.29) is 11.8 Å². The second-order valence-corrected chi connectivity index (χ2v) is 11.7. The third-order valence-corrected chi connectivity index (χ3v) is 9.29.